The molecule has 2 amide bonds. The van der Waals surface area contributed by atoms with Crippen LogP contribution in [0.5, 0.6) is 0 Å². The molecule has 0 aromatic carbocycles. The summed E-state index contributed by atoms with van der Waals surface area (Å²) >= 11 is 1.71. The summed E-state index contributed by atoms with van der Waals surface area (Å²) < 4.78 is 0. The minimum Gasteiger partial charge on any atom is -0.481 e. The summed E-state index contributed by atoms with van der Waals surface area (Å²) in [7, 11) is 1.78. The predicted molar refractivity (Wildman–Crippen MR) is 82.2 cm³/mol. The maximum Gasteiger partial charge on any atom is 0.317 e. The van der Waals surface area contributed by atoms with Gasteiger partial charge in [-0.3, -0.25) is 4.79 Å². The van der Waals surface area contributed by atoms with E-state index in [-0.39, 0.29) is 18.6 Å². The molecule has 1 aliphatic rings. The lowest BCUT2D eigenvalue weighted by Crippen LogP contribution is -2.49. The predicted octanol–water partition coefficient (Wildman–Crippen LogP) is 2.41. The summed E-state index contributed by atoms with van der Waals surface area (Å²) in [4.78, 5) is 25.3. The number of rotatable bonds is 7. The van der Waals surface area contributed by atoms with Gasteiger partial charge in [0.05, 0.1) is 5.41 Å². The first-order valence-electron chi connectivity index (χ1n) is 7.20. The molecule has 0 aromatic heterocycles. The molecular formula is C14H26N2O3S. The Morgan fingerprint density at radius 3 is 2.45 bits per heavy atom. The third-order valence-corrected chi connectivity index (χ3v) is 5.01. The van der Waals surface area contributed by atoms with Crippen LogP contribution < -0.4 is 5.32 Å². The highest BCUT2D eigenvalue weighted by Crippen LogP contribution is 2.37. The molecule has 0 radical (unpaired) electrons. The molecule has 0 heterocycles. The van der Waals surface area contributed by atoms with E-state index >= 15 is 0 Å². The van der Waals surface area contributed by atoms with Crippen molar-refractivity contribution < 1.29 is 14.7 Å². The van der Waals surface area contributed by atoms with E-state index < -0.39 is 11.4 Å². The number of carbonyl (C=O) groups excluding carboxylic acids is 1. The van der Waals surface area contributed by atoms with Crippen molar-refractivity contribution in [1.29, 1.82) is 0 Å². The van der Waals surface area contributed by atoms with Crippen molar-refractivity contribution in [1.82, 2.24) is 10.2 Å². The average Bonchev–Trinajstić information content (AvgIpc) is 2.91. The molecule has 0 aliphatic heterocycles. The van der Waals surface area contributed by atoms with Crippen LogP contribution in [0, 0.1) is 5.41 Å². The first kappa shape index (κ1) is 17.1. The van der Waals surface area contributed by atoms with Gasteiger partial charge in [0.1, 0.15) is 0 Å². The molecule has 0 aromatic rings. The van der Waals surface area contributed by atoms with E-state index in [9.17, 15) is 14.7 Å². The third kappa shape index (κ3) is 4.04. The van der Waals surface area contributed by atoms with Gasteiger partial charge < -0.3 is 15.3 Å². The van der Waals surface area contributed by atoms with E-state index in [0.717, 1.165) is 25.0 Å². The van der Waals surface area contributed by atoms with Crippen LogP contribution >= 0.6 is 11.8 Å². The van der Waals surface area contributed by atoms with Crippen LogP contribution in [-0.4, -0.2) is 53.6 Å². The number of hydrogen-bond acceptors (Lipinski definition) is 3. The van der Waals surface area contributed by atoms with Crippen molar-refractivity contribution in [3.05, 3.63) is 0 Å². The highest BCUT2D eigenvalue weighted by Gasteiger charge is 2.41. The Hall–Kier alpha value is -0.910. The molecule has 20 heavy (non-hydrogen) atoms. The molecule has 1 aliphatic carbocycles. The molecule has 1 unspecified atom stereocenters. The quantitative estimate of drug-likeness (QED) is 0.758. The second-order valence-electron chi connectivity index (χ2n) is 5.58. The number of aliphatic carboxylic acids is 1. The van der Waals surface area contributed by atoms with Crippen LogP contribution in [0.3, 0.4) is 0 Å². The minimum atomic E-state index is -0.783. The average molecular weight is 302 g/mol. The lowest BCUT2D eigenvalue weighted by Gasteiger charge is -2.30. The summed E-state index contributed by atoms with van der Waals surface area (Å²) in [6.45, 7) is 2.29. The largest absolute Gasteiger partial charge is 0.481 e. The molecule has 2 N–H and O–H groups in total. The number of thioether (sulfide) groups is 1. The van der Waals surface area contributed by atoms with Gasteiger partial charge in [-0.05, 0) is 25.5 Å². The van der Waals surface area contributed by atoms with Gasteiger partial charge in [0.2, 0.25) is 0 Å². The topological polar surface area (TPSA) is 69.6 Å². The van der Waals surface area contributed by atoms with Gasteiger partial charge in [0, 0.05) is 25.4 Å². The smallest absolute Gasteiger partial charge is 0.317 e. The molecule has 0 saturated heterocycles. The zero-order valence-corrected chi connectivity index (χ0v) is 13.5. The van der Waals surface area contributed by atoms with Gasteiger partial charge in [0.15, 0.2) is 0 Å². The second kappa shape index (κ2) is 7.76. The highest BCUT2D eigenvalue weighted by molar-refractivity contribution is 7.98. The Balaban J connectivity index is 2.55. The molecule has 1 fully saturated rings. The summed E-state index contributed by atoms with van der Waals surface area (Å²) in [5.74, 6) is 0.110. The summed E-state index contributed by atoms with van der Waals surface area (Å²) in [6.07, 6.45) is 6.11. The fraction of sp³-hybridized carbons (Fsp3) is 0.857. The monoisotopic (exact) mass is 302 g/mol. The maximum absolute atomic E-state index is 12.2. The van der Waals surface area contributed by atoms with E-state index in [4.69, 9.17) is 0 Å². The van der Waals surface area contributed by atoms with Gasteiger partial charge in [-0.15, -0.1) is 0 Å². The molecular weight excluding hydrogens is 276 g/mol. The van der Waals surface area contributed by atoms with Crippen LogP contribution in [-0.2, 0) is 4.79 Å². The molecule has 5 nitrogen and oxygen atoms in total. The van der Waals surface area contributed by atoms with Crippen LogP contribution in [0.15, 0.2) is 0 Å². The summed E-state index contributed by atoms with van der Waals surface area (Å²) in [6, 6.07) is 0.0211. The van der Waals surface area contributed by atoms with Crippen molar-refractivity contribution in [2.24, 2.45) is 5.41 Å². The molecule has 6 heteroatoms. The number of nitrogens with one attached hydrogen (secondary N) is 1. The summed E-state index contributed by atoms with van der Waals surface area (Å²) in [5, 5.41) is 12.2. The standard InChI is InChI=1S/C14H26N2O3S/c1-4-11(9-20-3)16(2)13(19)15-10-14(12(17)18)7-5-6-8-14/h11H,4-10H2,1-3H3,(H,15,19)(H,17,18). The number of carboxylic acid groups (broad SMARTS) is 1. The van der Waals surface area contributed by atoms with Crippen molar-refractivity contribution >= 4 is 23.8 Å². The molecule has 0 spiro atoms. The zero-order valence-electron chi connectivity index (χ0n) is 12.6. The number of hydrogen-bond donors (Lipinski definition) is 2. The zero-order chi connectivity index (χ0) is 15.2. The van der Waals surface area contributed by atoms with Crippen molar-refractivity contribution in [3.63, 3.8) is 0 Å². The Kier molecular flexibility index (Phi) is 6.65. The van der Waals surface area contributed by atoms with E-state index in [2.05, 4.69) is 12.2 Å². The molecule has 0 bridgehead atoms. The molecule has 1 atom stereocenters. The number of carbonyl (C=O) groups is 2. The third-order valence-electron chi connectivity index (χ3n) is 4.29. The van der Waals surface area contributed by atoms with Crippen molar-refractivity contribution in [3.8, 4) is 0 Å². The lowest BCUT2D eigenvalue weighted by molar-refractivity contribution is -0.148. The van der Waals surface area contributed by atoms with Gasteiger partial charge in [-0.25, -0.2) is 4.79 Å². The highest BCUT2D eigenvalue weighted by atomic mass is 32.2. The van der Waals surface area contributed by atoms with Crippen LogP contribution in [0.2, 0.25) is 0 Å². The lowest BCUT2D eigenvalue weighted by atomic mass is 9.86. The van der Waals surface area contributed by atoms with Crippen LogP contribution in [0.25, 0.3) is 0 Å². The fourth-order valence-corrected chi connectivity index (χ4v) is 3.59. The molecule has 1 rings (SSSR count). The Morgan fingerprint density at radius 1 is 1.40 bits per heavy atom. The van der Waals surface area contributed by atoms with Gasteiger partial charge in [-0.1, -0.05) is 19.8 Å². The van der Waals surface area contributed by atoms with Gasteiger partial charge in [0.25, 0.3) is 0 Å². The normalized spacial score (nSPS) is 18.6. The van der Waals surface area contributed by atoms with Gasteiger partial charge >= 0.3 is 12.0 Å². The number of nitrogens with zero attached hydrogens (tertiary/aromatic N) is 1. The molecule has 116 valence electrons. The number of carboxylic acids is 1. The maximum atomic E-state index is 12.2. The van der Waals surface area contributed by atoms with Crippen molar-refractivity contribution in [2.75, 3.05) is 25.6 Å². The SMILES string of the molecule is CCC(CSC)N(C)C(=O)NCC1(C(=O)O)CCCC1. The van der Waals surface area contributed by atoms with E-state index in [0.29, 0.717) is 12.8 Å². The Bertz CT molecular complexity index is 343. The fourth-order valence-electron chi connectivity index (χ4n) is 2.75. The van der Waals surface area contributed by atoms with Crippen LogP contribution in [0.1, 0.15) is 39.0 Å². The number of urea groups is 1. The minimum absolute atomic E-state index is 0.168. The Labute approximate surface area is 125 Å². The van der Waals surface area contributed by atoms with E-state index in [1.165, 1.54) is 0 Å². The van der Waals surface area contributed by atoms with E-state index in [1.807, 2.05) is 6.26 Å². The van der Waals surface area contributed by atoms with E-state index in [1.54, 1.807) is 23.7 Å². The van der Waals surface area contributed by atoms with Gasteiger partial charge in [-0.2, -0.15) is 11.8 Å². The Morgan fingerprint density at radius 2 is 2.00 bits per heavy atom. The van der Waals surface area contributed by atoms with Crippen molar-refractivity contribution in [2.45, 2.75) is 45.1 Å². The summed E-state index contributed by atoms with van der Waals surface area (Å²) in [5.41, 5.74) is -0.752. The first-order chi connectivity index (χ1) is 9.46. The number of amides is 2. The van der Waals surface area contributed by atoms with Crippen LogP contribution in [0.4, 0.5) is 4.79 Å². The second-order valence-corrected chi connectivity index (χ2v) is 6.49. The molecule has 1 saturated carbocycles. The first-order valence-corrected chi connectivity index (χ1v) is 8.59.